The Labute approximate surface area is 228 Å². The molecule has 1 fully saturated rings. The van der Waals surface area contributed by atoms with Crippen molar-refractivity contribution in [2.75, 3.05) is 12.8 Å². The van der Waals surface area contributed by atoms with E-state index >= 15 is 0 Å². The maximum Gasteiger partial charge on any atom is 0.389 e. The number of carbonyl (C=O) groups is 1. The lowest BCUT2D eigenvalue weighted by Crippen LogP contribution is -2.34. The van der Waals surface area contributed by atoms with Crippen molar-refractivity contribution >= 4 is 27.3 Å². The van der Waals surface area contributed by atoms with Gasteiger partial charge in [-0.2, -0.15) is 27.1 Å². The second-order valence-electron chi connectivity index (χ2n) is 9.53. The smallest absolute Gasteiger partial charge is 0.389 e. The van der Waals surface area contributed by atoms with E-state index in [1.165, 1.54) is 10.9 Å². The van der Waals surface area contributed by atoms with Crippen LogP contribution in [-0.2, 0) is 22.8 Å². The quantitative estimate of drug-likeness (QED) is 0.345. The Morgan fingerprint density at radius 3 is 2.49 bits per heavy atom. The van der Waals surface area contributed by atoms with Gasteiger partial charge in [0.05, 0.1) is 21.5 Å². The fourth-order valence-corrected chi connectivity index (χ4v) is 6.06. The van der Waals surface area contributed by atoms with Crippen molar-refractivity contribution in [2.24, 2.45) is 5.92 Å². The summed E-state index contributed by atoms with van der Waals surface area (Å²) in [6, 6.07) is 1.13. The highest BCUT2D eigenvalue weighted by atomic mass is 35.5. The molecule has 0 aromatic carbocycles. The highest BCUT2D eigenvalue weighted by Crippen LogP contribution is 2.38. The molecule has 0 spiro atoms. The number of hydrogen-bond acceptors (Lipinski definition) is 6. The van der Waals surface area contributed by atoms with E-state index in [-0.39, 0.29) is 70.5 Å². The van der Waals surface area contributed by atoms with E-state index in [1.807, 2.05) is 0 Å². The van der Waals surface area contributed by atoms with Crippen LogP contribution in [0.25, 0.3) is 11.3 Å². The van der Waals surface area contributed by atoms with Gasteiger partial charge in [-0.3, -0.25) is 14.5 Å². The first-order valence-corrected chi connectivity index (χ1v) is 14.8. The second kappa shape index (κ2) is 12.8. The third-order valence-electron chi connectivity index (χ3n) is 6.65. The fourth-order valence-electron chi connectivity index (χ4n) is 4.61. The maximum atomic E-state index is 13.2. The number of rotatable bonds is 11. The molecule has 0 unspecified atom stereocenters. The Kier molecular flexibility index (Phi) is 10.2. The molecule has 0 aliphatic heterocycles. The molecule has 8 nitrogen and oxygen atoms in total. The summed E-state index contributed by atoms with van der Waals surface area (Å²) in [5.41, 5.74) is 0.0897. The summed E-state index contributed by atoms with van der Waals surface area (Å²) in [6.45, 7) is -1.04. The number of hydrogen-bond donors (Lipinski definition) is 1. The van der Waals surface area contributed by atoms with Gasteiger partial charge in [0.1, 0.15) is 15.6 Å². The molecule has 39 heavy (non-hydrogen) atoms. The second-order valence-corrected chi connectivity index (χ2v) is 12.2. The van der Waals surface area contributed by atoms with Gasteiger partial charge in [-0.25, -0.2) is 8.42 Å². The van der Waals surface area contributed by atoms with E-state index in [1.54, 1.807) is 6.92 Å². The summed E-state index contributed by atoms with van der Waals surface area (Å²) >= 11 is 6.50. The van der Waals surface area contributed by atoms with Gasteiger partial charge >= 0.3 is 12.8 Å². The Morgan fingerprint density at radius 1 is 1.26 bits per heavy atom. The van der Waals surface area contributed by atoms with Crippen molar-refractivity contribution in [2.45, 2.75) is 76.5 Å². The molecule has 3 rings (SSSR count). The first-order chi connectivity index (χ1) is 18.2. The van der Waals surface area contributed by atoms with Gasteiger partial charge in [-0.05, 0) is 51.4 Å². The molecule has 0 bridgehead atoms. The van der Waals surface area contributed by atoms with E-state index in [4.69, 9.17) is 11.6 Å². The van der Waals surface area contributed by atoms with E-state index in [9.17, 15) is 35.2 Å². The molecular formula is C24H30ClF5N4O4S. The number of alkyl halides is 5. The Hall–Kier alpha value is -2.48. The Bertz CT molecular complexity index is 1260. The molecule has 2 aromatic heterocycles. The number of aryl methyl sites for hydroxylation is 2. The number of ether oxygens (including phenoxy) is 1. The number of aromatic nitrogens is 3. The number of nitrogens with zero attached hydrogens (tertiary/aromatic N) is 3. The zero-order valence-electron chi connectivity index (χ0n) is 21.4. The average molecular weight is 601 g/mol. The average Bonchev–Trinajstić information content (AvgIpc) is 3.17. The summed E-state index contributed by atoms with van der Waals surface area (Å²) in [4.78, 5) is 17.0. The molecule has 1 N–H and O–H groups in total. The monoisotopic (exact) mass is 600 g/mol. The Morgan fingerprint density at radius 2 is 1.92 bits per heavy atom. The summed E-state index contributed by atoms with van der Waals surface area (Å²) in [6.07, 6.45) is -1.11. The van der Waals surface area contributed by atoms with Crippen LogP contribution in [0.2, 0.25) is 5.02 Å². The van der Waals surface area contributed by atoms with Gasteiger partial charge in [-0.1, -0.05) is 11.6 Å². The van der Waals surface area contributed by atoms with Crippen LogP contribution in [0.1, 0.15) is 61.6 Å². The van der Waals surface area contributed by atoms with E-state index in [0.29, 0.717) is 25.7 Å². The molecule has 1 saturated carbocycles. The number of amides is 1. The molecule has 15 heteroatoms. The zero-order chi connectivity index (χ0) is 29.0. The van der Waals surface area contributed by atoms with Gasteiger partial charge in [0, 0.05) is 43.7 Å². The van der Waals surface area contributed by atoms with E-state index in [2.05, 4.69) is 20.1 Å². The van der Waals surface area contributed by atoms with Crippen LogP contribution in [-0.4, -0.2) is 59.9 Å². The predicted octanol–water partition coefficient (Wildman–Crippen LogP) is 5.44. The van der Waals surface area contributed by atoms with Crippen LogP contribution in [0.3, 0.4) is 0 Å². The molecule has 1 aliphatic rings. The van der Waals surface area contributed by atoms with Crippen molar-refractivity contribution < 1.29 is 39.9 Å². The predicted molar refractivity (Wildman–Crippen MR) is 135 cm³/mol. The summed E-state index contributed by atoms with van der Waals surface area (Å²) in [7, 11) is -3.11. The van der Waals surface area contributed by atoms with Gasteiger partial charge < -0.3 is 10.1 Å². The molecule has 1 amide bonds. The first kappa shape index (κ1) is 31.1. The van der Waals surface area contributed by atoms with Crippen LogP contribution >= 0.6 is 11.6 Å². The van der Waals surface area contributed by atoms with Crippen LogP contribution in [0, 0.1) is 5.92 Å². The fraction of sp³-hybridized carbons (Fsp3) is 0.625. The molecule has 2 heterocycles. The minimum Gasteiger partial charge on any atom is -0.434 e. The third-order valence-corrected chi connectivity index (χ3v) is 8.69. The third kappa shape index (κ3) is 8.50. The summed E-state index contributed by atoms with van der Waals surface area (Å²) in [5, 5.41) is 6.49. The lowest BCUT2D eigenvalue weighted by Gasteiger charge is -2.27. The number of halogens is 6. The van der Waals surface area contributed by atoms with Crippen molar-refractivity contribution in [3.05, 3.63) is 28.7 Å². The maximum absolute atomic E-state index is 13.2. The van der Waals surface area contributed by atoms with Gasteiger partial charge in [-0.15, -0.1) is 0 Å². The normalized spacial score (nSPS) is 18.4. The largest absolute Gasteiger partial charge is 0.434 e. The van der Waals surface area contributed by atoms with Gasteiger partial charge in [0.25, 0.3) is 5.91 Å². The van der Waals surface area contributed by atoms with Crippen LogP contribution in [0.15, 0.2) is 12.3 Å². The van der Waals surface area contributed by atoms with Gasteiger partial charge in [0.15, 0.2) is 5.69 Å². The highest BCUT2D eigenvalue weighted by Gasteiger charge is 2.30. The number of nitrogens with one attached hydrogen (secondary N) is 1. The van der Waals surface area contributed by atoms with E-state index < -0.39 is 35.0 Å². The topological polar surface area (TPSA) is 103 Å². The van der Waals surface area contributed by atoms with Crippen molar-refractivity contribution in [3.63, 3.8) is 0 Å². The van der Waals surface area contributed by atoms with Crippen LogP contribution in [0.4, 0.5) is 22.0 Å². The van der Waals surface area contributed by atoms with Crippen LogP contribution < -0.4 is 10.1 Å². The number of pyridine rings is 1. The minimum atomic E-state index is -4.35. The molecular weight excluding hydrogens is 571 g/mol. The summed E-state index contributed by atoms with van der Waals surface area (Å²) in [5.74, 6) is -0.863. The lowest BCUT2D eigenvalue weighted by molar-refractivity contribution is -0.135. The van der Waals surface area contributed by atoms with Crippen molar-refractivity contribution in [1.82, 2.24) is 20.1 Å². The van der Waals surface area contributed by atoms with Gasteiger partial charge in [0.2, 0.25) is 0 Å². The molecule has 2 aromatic rings. The standard InChI is InChI=1S/C24H30ClF5N4O4S/c1-3-34-21(17-13-31-15(5-4-10-24(28,29)30)11-18(17)38-23(26)27)19(25)20(33-34)22(35)32-12-14-6-8-16(9-7-14)39(2,36)37/h11,13-14,16,23H,3-10,12H2,1-2H3,(H,32,35)/t14-,16+. The number of carbonyl (C=O) groups excluding carboxylic acids is 1. The zero-order valence-corrected chi connectivity index (χ0v) is 23.0. The number of sulfone groups is 1. The van der Waals surface area contributed by atoms with Crippen LogP contribution in [0.5, 0.6) is 5.75 Å². The Balaban J connectivity index is 1.79. The van der Waals surface area contributed by atoms with E-state index in [0.717, 1.165) is 12.3 Å². The molecule has 0 radical (unpaired) electrons. The lowest BCUT2D eigenvalue weighted by atomic mass is 9.89. The highest BCUT2D eigenvalue weighted by molar-refractivity contribution is 7.91. The molecule has 0 saturated heterocycles. The molecule has 218 valence electrons. The summed E-state index contributed by atoms with van der Waals surface area (Å²) < 4.78 is 93.3. The minimum absolute atomic E-state index is 0.00682. The molecule has 0 atom stereocenters. The van der Waals surface area contributed by atoms with Crippen molar-refractivity contribution in [1.29, 1.82) is 0 Å². The van der Waals surface area contributed by atoms with Crippen molar-refractivity contribution in [3.8, 4) is 17.0 Å². The first-order valence-electron chi connectivity index (χ1n) is 12.4. The SMILES string of the molecule is CCn1nc(C(=O)NC[C@H]2CC[C@@H](S(C)(=O)=O)CC2)c(Cl)c1-c1cnc(CCCC(F)(F)F)cc1OC(F)F. The molecule has 1 aliphatic carbocycles.